The van der Waals surface area contributed by atoms with Gasteiger partial charge in [-0.05, 0) is 31.7 Å². The van der Waals surface area contributed by atoms with Gasteiger partial charge < -0.3 is 20.1 Å². The minimum Gasteiger partial charge on any atom is -0.465 e. The van der Waals surface area contributed by atoms with Gasteiger partial charge in [-0.3, -0.25) is 9.69 Å². The number of carbonyl (C=O) groups excluding carboxylic acids is 1. The number of H-pyrrole nitrogens is 1. The van der Waals surface area contributed by atoms with Crippen LogP contribution in [0.2, 0.25) is 0 Å². The molecule has 33 heavy (non-hydrogen) atoms. The van der Waals surface area contributed by atoms with Gasteiger partial charge in [-0.1, -0.05) is 51.1 Å². The maximum Gasteiger partial charge on any atom is 0.408 e. The Morgan fingerprint density at radius 3 is 2.36 bits per heavy atom. The molecule has 1 aliphatic rings. The molecule has 2 amide bonds. The number of nitrogens with zero attached hydrogens (tertiary/aromatic N) is 3. The number of aromatic nitrogens is 2. The van der Waals surface area contributed by atoms with Crippen LogP contribution in [0.3, 0.4) is 0 Å². The van der Waals surface area contributed by atoms with E-state index in [-0.39, 0.29) is 12.5 Å². The molecule has 0 radical (unpaired) electrons. The molecular weight excluding hydrogens is 420 g/mol. The summed E-state index contributed by atoms with van der Waals surface area (Å²) in [6.07, 6.45) is 0.947. The number of imidazole rings is 1. The summed E-state index contributed by atoms with van der Waals surface area (Å²) < 4.78 is 0. The van der Waals surface area contributed by atoms with Gasteiger partial charge in [-0.2, -0.15) is 0 Å². The Bertz CT molecular complexity index is 974. The molecule has 1 fully saturated rings. The van der Waals surface area contributed by atoms with Crippen LogP contribution in [-0.2, 0) is 11.2 Å². The van der Waals surface area contributed by atoms with Crippen LogP contribution in [0.25, 0.3) is 0 Å². The zero-order valence-electron chi connectivity index (χ0n) is 20.4. The summed E-state index contributed by atoms with van der Waals surface area (Å²) in [4.78, 5) is 36.8. The number of carbonyl (C=O) groups is 2. The van der Waals surface area contributed by atoms with Crippen molar-refractivity contribution in [3.05, 3.63) is 53.6 Å². The van der Waals surface area contributed by atoms with E-state index in [2.05, 4.69) is 9.97 Å². The van der Waals surface area contributed by atoms with Crippen LogP contribution in [0.5, 0.6) is 0 Å². The van der Waals surface area contributed by atoms with Gasteiger partial charge in [-0.15, -0.1) is 0 Å². The van der Waals surface area contributed by atoms with Crippen molar-refractivity contribution >= 4 is 12.0 Å². The van der Waals surface area contributed by atoms with Crippen LogP contribution in [0.4, 0.5) is 4.79 Å². The highest BCUT2D eigenvalue weighted by Crippen LogP contribution is 2.37. The van der Waals surface area contributed by atoms with Crippen LogP contribution in [0.15, 0.2) is 36.5 Å². The van der Waals surface area contributed by atoms with E-state index in [1.807, 2.05) is 51.1 Å². The van der Waals surface area contributed by atoms with Gasteiger partial charge in [0.15, 0.2) is 0 Å². The first-order valence-corrected chi connectivity index (χ1v) is 11.4. The number of aromatic amines is 1. The third-order valence-electron chi connectivity index (χ3n) is 6.00. The van der Waals surface area contributed by atoms with Gasteiger partial charge in [0.25, 0.3) is 0 Å². The van der Waals surface area contributed by atoms with Crippen molar-refractivity contribution in [2.45, 2.75) is 78.1 Å². The summed E-state index contributed by atoms with van der Waals surface area (Å²) >= 11 is 0. The predicted octanol–water partition coefficient (Wildman–Crippen LogP) is 3.83. The Morgan fingerprint density at radius 2 is 1.82 bits per heavy atom. The molecule has 0 spiro atoms. The number of β-amino-alcohol motifs (C(OH)–C–C–N with tert-alkyl or cyclic N) is 1. The fourth-order valence-electron chi connectivity index (χ4n) is 4.58. The third-order valence-corrected chi connectivity index (χ3v) is 6.00. The number of amides is 2. The highest BCUT2D eigenvalue weighted by Gasteiger charge is 2.49. The number of aliphatic hydroxyl groups is 1. The maximum atomic E-state index is 13.9. The highest BCUT2D eigenvalue weighted by atomic mass is 16.4. The summed E-state index contributed by atoms with van der Waals surface area (Å²) in [6, 6.07) is 8.65. The first kappa shape index (κ1) is 24.8. The SMILES string of the molecule is CC(C)(C)[C@@H](C(=O)N1C[C@H](O)C[C@H]1c1ncc(Cc2ccccc2)[nH]1)N(C(=O)O)C(C)(C)C. The number of nitrogens with one attached hydrogen (secondary N) is 1. The van der Waals surface area contributed by atoms with Crippen molar-refractivity contribution < 1.29 is 19.8 Å². The van der Waals surface area contributed by atoms with Gasteiger partial charge in [0.2, 0.25) is 5.91 Å². The van der Waals surface area contributed by atoms with Crippen molar-refractivity contribution in [1.82, 2.24) is 19.8 Å². The molecule has 3 atom stereocenters. The Morgan fingerprint density at radius 1 is 1.18 bits per heavy atom. The third kappa shape index (κ3) is 5.55. The van der Waals surface area contributed by atoms with Gasteiger partial charge >= 0.3 is 6.09 Å². The lowest BCUT2D eigenvalue weighted by molar-refractivity contribution is -0.144. The number of likely N-dealkylation sites (tertiary alicyclic amines) is 1. The largest absolute Gasteiger partial charge is 0.465 e. The standard InChI is InChI=1S/C25H36N4O4/c1-24(2,3)20(29(23(32)33)25(4,5)6)22(31)28-15-18(30)13-19(28)21-26-14-17(27-21)12-16-10-8-7-9-11-16/h7-11,14,18-20,30H,12-13,15H2,1-6H3,(H,26,27)(H,32,33)/t18-,19+,20-/m1/s1. The molecule has 1 aromatic carbocycles. The average molecular weight is 457 g/mol. The molecule has 1 aromatic heterocycles. The van der Waals surface area contributed by atoms with E-state index in [9.17, 15) is 19.8 Å². The van der Waals surface area contributed by atoms with Crippen molar-refractivity contribution in [2.75, 3.05) is 6.54 Å². The highest BCUT2D eigenvalue weighted by molar-refractivity contribution is 5.87. The molecule has 0 bridgehead atoms. The Kier molecular flexibility index (Phi) is 6.88. The molecule has 0 saturated carbocycles. The second-order valence-electron chi connectivity index (χ2n) is 10.9. The fourth-order valence-corrected chi connectivity index (χ4v) is 4.58. The summed E-state index contributed by atoms with van der Waals surface area (Å²) in [7, 11) is 0. The van der Waals surface area contributed by atoms with Crippen molar-refractivity contribution in [3.8, 4) is 0 Å². The van der Waals surface area contributed by atoms with Crippen molar-refractivity contribution in [3.63, 3.8) is 0 Å². The summed E-state index contributed by atoms with van der Waals surface area (Å²) in [5.74, 6) is 0.290. The lowest BCUT2D eigenvalue weighted by Crippen LogP contribution is -2.62. The molecular formula is C25H36N4O4. The topological polar surface area (TPSA) is 110 Å². The van der Waals surface area contributed by atoms with E-state index < -0.39 is 35.2 Å². The second-order valence-corrected chi connectivity index (χ2v) is 10.9. The summed E-state index contributed by atoms with van der Waals surface area (Å²) in [5, 5.41) is 20.4. The van der Waals surface area contributed by atoms with E-state index in [0.717, 1.165) is 11.3 Å². The molecule has 1 saturated heterocycles. The number of hydrogen-bond acceptors (Lipinski definition) is 4. The monoisotopic (exact) mass is 456 g/mol. The Balaban J connectivity index is 1.91. The molecule has 3 N–H and O–H groups in total. The molecule has 2 aromatic rings. The van der Waals surface area contributed by atoms with Crippen LogP contribution in [0.1, 0.15) is 71.1 Å². The van der Waals surface area contributed by atoms with Gasteiger partial charge in [0.05, 0.1) is 12.1 Å². The average Bonchev–Trinajstić information content (AvgIpc) is 3.30. The number of hydrogen-bond donors (Lipinski definition) is 3. The lowest BCUT2D eigenvalue weighted by atomic mass is 9.82. The van der Waals surface area contributed by atoms with Gasteiger partial charge in [0, 0.05) is 36.8 Å². The molecule has 0 unspecified atom stereocenters. The Hall–Kier alpha value is -2.87. The van der Waals surface area contributed by atoms with E-state index in [1.165, 1.54) is 4.90 Å². The molecule has 0 aliphatic carbocycles. The fraction of sp³-hybridized carbons (Fsp3) is 0.560. The van der Waals surface area contributed by atoms with Crippen molar-refractivity contribution in [1.29, 1.82) is 0 Å². The molecule has 2 heterocycles. The van der Waals surface area contributed by atoms with Crippen LogP contribution in [-0.4, -0.2) is 66.2 Å². The smallest absolute Gasteiger partial charge is 0.408 e. The first-order chi connectivity index (χ1) is 15.3. The molecule has 8 heteroatoms. The second kappa shape index (κ2) is 9.17. The zero-order valence-corrected chi connectivity index (χ0v) is 20.4. The van der Waals surface area contributed by atoms with Crippen LogP contribution in [0, 0.1) is 5.41 Å². The number of aliphatic hydroxyl groups excluding tert-OH is 1. The molecule has 8 nitrogen and oxygen atoms in total. The molecule has 180 valence electrons. The van der Waals surface area contributed by atoms with Gasteiger partial charge in [0.1, 0.15) is 11.9 Å². The van der Waals surface area contributed by atoms with Crippen molar-refractivity contribution in [2.24, 2.45) is 5.41 Å². The normalized spacial score (nSPS) is 20.0. The number of carboxylic acid groups (broad SMARTS) is 1. The van der Waals surface area contributed by atoms with E-state index >= 15 is 0 Å². The minimum absolute atomic E-state index is 0.141. The molecule has 3 rings (SSSR count). The predicted molar refractivity (Wildman–Crippen MR) is 126 cm³/mol. The van der Waals surface area contributed by atoms with Gasteiger partial charge in [-0.25, -0.2) is 9.78 Å². The maximum absolute atomic E-state index is 13.9. The van der Waals surface area contributed by atoms with Crippen LogP contribution >= 0.6 is 0 Å². The van der Waals surface area contributed by atoms with E-state index in [1.54, 1.807) is 31.9 Å². The lowest BCUT2D eigenvalue weighted by Gasteiger charge is -2.46. The molecule has 1 aliphatic heterocycles. The minimum atomic E-state index is -1.14. The summed E-state index contributed by atoms with van der Waals surface area (Å²) in [5.41, 5.74) is 0.630. The van der Waals surface area contributed by atoms with Crippen LogP contribution < -0.4 is 0 Å². The summed E-state index contributed by atoms with van der Waals surface area (Å²) in [6.45, 7) is 11.1. The number of benzene rings is 1. The zero-order chi connectivity index (χ0) is 24.6. The quantitative estimate of drug-likeness (QED) is 0.633. The number of rotatable bonds is 5. The van der Waals surface area contributed by atoms with E-state index in [0.29, 0.717) is 18.7 Å². The first-order valence-electron chi connectivity index (χ1n) is 11.4. The Labute approximate surface area is 195 Å². The van der Waals surface area contributed by atoms with E-state index in [4.69, 9.17) is 0 Å².